The summed E-state index contributed by atoms with van der Waals surface area (Å²) < 4.78 is 5.57. The lowest BCUT2D eigenvalue weighted by atomic mass is 10.1. The van der Waals surface area contributed by atoms with Crippen molar-refractivity contribution in [3.05, 3.63) is 65.2 Å². The lowest BCUT2D eigenvalue weighted by molar-refractivity contribution is 0.0694. The fraction of sp³-hybridized carbons (Fsp3) is 0.133. The molecule has 0 saturated heterocycles. The smallest absolute Gasteiger partial charge is 0.336 e. The Bertz CT molecular complexity index is 544. The van der Waals surface area contributed by atoms with Gasteiger partial charge in [-0.1, -0.05) is 35.9 Å². The van der Waals surface area contributed by atoms with Gasteiger partial charge in [0.1, 0.15) is 12.4 Å². The molecule has 0 saturated carbocycles. The summed E-state index contributed by atoms with van der Waals surface area (Å²) in [5.74, 6) is -0.195. The largest absolute Gasteiger partial charge is 0.489 e. The van der Waals surface area contributed by atoms with Crippen LogP contribution in [0.1, 0.15) is 21.5 Å². The van der Waals surface area contributed by atoms with Crippen LogP contribution >= 0.6 is 0 Å². The van der Waals surface area contributed by atoms with Crippen LogP contribution in [0.2, 0.25) is 0 Å². The molecular formula is C15H14O3. The summed E-state index contributed by atoms with van der Waals surface area (Å²) in [7, 11) is 0. The second-order valence-electron chi connectivity index (χ2n) is 4.06. The van der Waals surface area contributed by atoms with Crippen molar-refractivity contribution in [1.82, 2.24) is 0 Å². The molecule has 2 aromatic rings. The minimum absolute atomic E-state index is 0.255. The normalized spacial score (nSPS) is 10.1. The Morgan fingerprint density at radius 1 is 1.11 bits per heavy atom. The van der Waals surface area contributed by atoms with E-state index in [4.69, 9.17) is 9.84 Å². The molecule has 0 bridgehead atoms. The summed E-state index contributed by atoms with van der Waals surface area (Å²) >= 11 is 0. The third-order valence-electron chi connectivity index (χ3n) is 2.66. The molecule has 0 spiro atoms. The van der Waals surface area contributed by atoms with Crippen LogP contribution in [-0.2, 0) is 6.61 Å². The predicted molar refractivity (Wildman–Crippen MR) is 68.9 cm³/mol. The van der Waals surface area contributed by atoms with Crippen molar-refractivity contribution >= 4 is 5.97 Å². The van der Waals surface area contributed by atoms with Crippen LogP contribution in [0, 0.1) is 6.92 Å². The van der Waals surface area contributed by atoms with Crippen molar-refractivity contribution in [2.24, 2.45) is 0 Å². The second-order valence-corrected chi connectivity index (χ2v) is 4.06. The Balaban J connectivity index is 2.10. The lowest BCUT2D eigenvalue weighted by Gasteiger charge is -2.08. The molecule has 2 aromatic carbocycles. The molecule has 0 aromatic heterocycles. The predicted octanol–water partition coefficient (Wildman–Crippen LogP) is 3.27. The second kappa shape index (κ2) is 5.36. The minimum atomic E-state index is -0.932. The SMILES string of the molecule is Cc1ccc(OCc2ccccc2C(=O)O)cc1. The number of carboxylic acid groups (broad SMARTS) is 1. The van der Waals surface area contributed by atoms with E-state index >= 15 is 0 Å². The number of carboxylic acids is 1. The molecule has 1 N–H and O–H groups in total. The average molecular weight is 242 g/mol. The molecule has 0 aliphatic heterocycles. The van der Waals surface area contributed by atoms with Crippen molar-refractivity contribution in [2.45, 2.75) is 13.5 Å². The number of aromatic carboxylic acids is 1. The topological polar surface area (TPSA) is 46.5 Å². The monoisotopic (exact) mass is 242 g/mol. The highest BCUT2D eigenvalue weighted by Gasteiger charge is 2.09. The molecular weight excluding hydrogens is 228 g/mol. The first-order valence-corrected chi connectivity index (χ1v) is 5.67. The van der Waals surface area contributed by atoms with Crippen LogP contribution < -0.4 is 4.74 Å². The summed E-state index contributed by atoms with van der Waals surface area (Å²) in [5.41, 5.74) is 2.11. The molecule has 0 heterocycles. The summed E-state index contributed by atoms with van der Waals surface area (Å²) in [5, 5.41) is 9.04. The molecule has 0 radical (unpaired) electrons. The fourth-order valence-corrected chi connectivity index (χ4v) is 1.65. The summed E-state index contributed by atoms with van der Waals surface area (Å²) in [6, 6.07) is 14.5. The molecule has 0 unspecified atom stereocenters. The Morgan fingerprint density at radius 3 is 2.44 bits per heavy atom. The van der Waals surface area contributed by atoms with Gasteiger partial charge in [0.25, 0.3) is 0 Å². The number of ether oxygens (including phenoxy) is 1. The molecule has 18 heavy (non-hydrogen) atoms. The highest BCUT2D eigenvalue weighted by atomic mass is 16.5. The van der Waals surface area contributed by atoms with E-state index in [2.05, 4.69) is 0 Å². The molecule has 3 nitrogen and oxygen atoms in total. The third kappa shape index (κ3) is 2.88. The number of carbonyl (C=O) groups is 1. The Labute approximate surface area is 106 Å². The van der Waals surface area contributed by atoms with Gasteiger partial charge in [-0.05, 0) is 25.1 Å². The first-order chi connectivity index (χ1) is 8.66. The van der Waals surface area contributed by atoms with E-state index in [1.54, 1.807) is 24.3 Å². The first-order valence-electron chi connectivity index (χ1n) is 5.67. The zero-order valence-electron chi connectivity index (χ0n) is 10.1. The van der Waals surface area contributed by atoms with E-state index < -0.39 is 5.97 Å². The number of aryl methyl sites for hydroxylation is 1. The molecule has 0 fully saturated rings. The van der Waals surface area contributed by atoms with E-state index in [1.165, 1.54) is 0 Å². The van der Waals surface area contributed by atoms with Crippen LogP contribution in [0.4, 0.5) is 0 Å². The van der Waals surface area contributed by atoms with Gasteiger partial charge in [0.05, 0.1) is 5.56 Å². The van der Waals surface area contributed by atoms with Gasteiger partial charge < -0.3 is 9.84 Å². The minimum Gasteiger partial charge on any atom is -0.489 e. The zero-order valence-corrected chi connectivity index (χ0v) is 10.1. The van der Waals surface area contributed by atoms with E-state index in [-0.39, 0.29) is 12.2 Å². The Hall–Kier alpha value is -2.29. The number of hydrogen-bond acceptors (Lipinski definition) is 2. The van der Waals surface area contributed by atoms with Crippen LogP contribution in [0.5, 0.6) is 5.75 Å². The maximum Gasteiger partial charge on any atom is 0.336 e. The molecule has 2 rings (SSSR count). The highest BCUT2D eigenvalue weighted by molar-refractivity contribution is 5.89. The van der Waals surface area contributed by atoms with Gasteiger partial charge >= 0.3 is 5.97 Å². The van der Waals surface area contributed by atoms with Gasteiger partial charge in [-0.15, -0.1) is 0 Å². The van der Waals surface area contributed by atoms with E-state index in [9.17, 15) is 4.79 Å². The highest BCUT2D eigenvalue weighted by Crippen LogP contribution is 2.15. The van der Waals surface area contributed by atoms with E-state index in [1.807, 2.05) is 31.2 Å². The molecule has 0 atom stereocenters. The molecule has 0 amide bonds. The van der Waals surface area contributed by atoms with Crippen molar-refractivity contribution in [1.29, 1.82) is 0 Å². The third-order valence-corrected chi connectivity index (χ3v) is 2.66. The average Bonchev–Trinajstić information content (AvgIpc) is 2.38. The van der Waals surface area contributed by atoms with E-state index in [0.29, 0.717) is 5.56 Å². The van der Waals surface area contributed by atoms with Gasteiger partial charge in [-0.3, -0.25) is 0 Å². The summed E-state index contributed by atoms with van der Waals surface area (Å²) in [6.45, 7) is 2.26. The van der Waals surface area contributed by atoms with Gasteiger partial charge in [0.2, 0.25) is 0 Å². The molecule has 3 heteroatoms. The van der Waals surface area contributed by atoms with E-state index in [0.717, 1.165) is 11.3 Å². The van der Waals surface area contributed by atoms with Crippen LogP contribution in [0.3, 0.4) is 0 Å². The Morgan fingerprint density at radius 2 is 1.78 bits per heavy atom. The van der Waals surface area contributed by atoms with Crippen LogP contribution in [0.15, 0.2) is 48.5 Å². The fourth-order valence-electron chi connectivity index (χ4n) is 1.65. The molecule has 92 valence electrons. The molecule has 0 aliphatic carbocycles. The van der Waals surface area contributed by atoms with Gasteiger partial charge in [-0.2, -0.15) is 0 Å². The molecule has 0 aliphatic rings. The Kier molecular flexibility index (Phi) is 3.63. The first kappa shape index (κ1) is 12.2. The van der Waals surface area contributed by atoms with Gasteiger partial charge in [0, 0.05) is 5.56 Å². The van der Waals surface area contributed by atoms with Gasteiger partial charge in [-0.25, -0.2) is 4.79 Å². The van der Waals surface area contributed by atoms with Crippen molar-refractivity contribution in [2.75, 3.05) is 0 Å². The maximum absolute atomic E-state index is 11.0. The van der Waals surface area contributed by atoms with Crippen molar-refractivity contribution in [3.8, 4) is 5.75 Å². The van der Waals surface area contributed by atoms with Crippen molar-refractivity contribution < 1.29 is 14.6 Å². The quantitative estimate of drug-likeness (QED) is 0.895. The maximum atomic E-state index is 11.0. The number of hydrogen-bond donors (Lipinski definition) is 1. The zero-order chi connectivity index (χ0) is 13.0. The lowest BCUT2D eigenvalue weighted by Crippen LogP contribution is -2.05. The van der Waals surface area contributed by atoms with Crippen LogP contribution in [0.25, 0.3) is 0 Å². The summed E-state index contributed by atoms with van der Waals surface area (Å²) in [6.07, 6.45) is 0. The van der Waals surface area contributed by atoms with Crippen LogP contribution in [-0.4, -0.2) is 11.1 Å². The number of benzene rings is 2. The number of rotatable bonds is 4. The van der Waals surface area contributed by atoms with Crippen molar-refractivity contribution in [3.63, 3.8) is 0 Å². The standard InChI is InChI=1S/C15H14O3/c1-11-6-8-13(9-7-11)18-10-12-4-2-3-5-14(12)15(16)17/h2-9H,10H2,1H3,(H,16,17). The summed E-state index contributed by atoms with van der Waals surface area (Å²) in [4.78, 5) is 11.0. The van der Waals surface area contributed by atoms with Gasteiger partial charge in [0.15, 0.2) is 0 Å².